The van der Waals surface area contributed by atoms with E-state index < -0.39 is 11.1 Å². The maximum Gasteiger partial charge on any atom is 0.318 e. The van der Waals surface area contributed by atoms with Gasteiger partial charge in [-0.05, 0) is 26.0 Å². The quantitative estimate of drug-likeness (QED) is 0.846. The number of ether oxygens (including phenoxy) is 1. The van der Waals surface area contributed by atoms with Crippen molar-refractivity contribution in [2.45, 2.75) is 13.8 Å². The number of nitrogens with one attached hydrogen (secondary N) is 1. The van der Waals surface area contributed by atoms with E-state index in [1.165, 1.54) is 5.56 Å². The number of rotatable bonds is 4. The molecule has 0 fully saturated rings. The molecule has 0 aliphatic carbocycles. The molecular formula is C11H13N3O2S. The largest absolute Gasteiger partial charge is 0.546 e. The van der Waals surface area contributed by atoms with Crippen LogP contribution in [0.5, 0.6) is 5.88 Å². The summed E-state index contributed by atoms with van der Waals surface area (Å²) in [6, 6.07) is 7.80. The lowest BCUT2D eigenvalue weighted by atomic mass is 10.2. The van der Waals surface area contributed by atoms with Crippen LogP contribution in [0.2, 0.25) is 0 Å². The Bertz CT molecular complexity index is 496. The number of nitrogens with zero attached hydrogens (tertiary/aromatic N) is 2. The van der Waals surface area contributed by atoms with E-state index in [-0.39, 0.29) is 0 Å². The van der Waals surface area contributed by atoms with Gasteiger partial charge in [0, 0.05) is 14.4 Å². The Balaban J connectivity index is 2.20. The Morgan fingerprint density at radius 1 is 1.29 bits per heavy atom. The topological polar surface area (TPSA) is 70.1 Å². The van der Waals surface area contributed by atoms with Gasteiger partial charge in [0.25, 0.3) is 5.82 Å². The number of hydrogen-bond donors (Lipinski definition) is 1. The van der Waals surface area contributed by atoms with Gasteiger partial charge < -0.3 is 14.6 Å². The predicted molar refractivity (Wildman–Crippen MR) is 66.3 cm³/mol. The van der Waals surface area contributed by atoms with Crippen LogP contribution >= 0.6 is 11.1 Å². The summed E-state index contributed by atoms with van der Waals surface area (Å²) in [5, 5.41) is 3.03. The molecule has 2 rings (SSSR count). The molecule has 17 heavy (non-hydrogen) atoms. The maximum atomic E-state index is 11.2. The molecule has 90 valence electrons. The van der Waals surface area contributed by atoms with Gasteiger partial charge in [0.2, 0.25) is 0 Å². The minimum Gasteiger partial charge on any atom is -0.546 e. The Labute approximate surface area is 103 Å². The van der Waals surface area contributed by atoms with Gasteiger partial charge >= 0.3 is 5.88 Å². The molecule has 0 amide bonds. The fraction of sp³-hybridized carbons (Fsp3) is 0.273. The highest BCUT2D eigenvalue weighted by Gasteiger charge is 2.16. The molecule has 1 N–H and O–H groups in total. The van der Waals surface area contributed by atoms with Crippen LogP contribution in [-0.2, 0) is 0 Å². The third kappa shape index (κ3) is 2.92. The average molecular weight is 251 g/mol. The molecule has 1 aromatic heterocycles. The highest BCUT2D eigenvalue weighted by molar-refractivity contribution is 7.14. The fourth-order valence-corrected chi connectivity index (χ4v) is 1.93. The predicted octanol–water partition coefficient (Wildman–Crippen LogP) is 2.65. The van der Waals surface area contributed by atoms with Crippen molar-refractivity contribution in [2.75, 3.05) is 11.9 Å². The lowest BCUT2D eigenvalue weighted by Crippen LogP contribution is -1.97. The molecule has 0 spiro atoms. The Morgan fingerprint density at radius 2 is 2.00 bits per heavy atom. The number of hydrogen-bond acceptors (Lipinski definition) is 5. The van der Waals surface area contributed by atoms with Crippen LogP contribution in [0.4, 0.5) is 11.5 Å². The molecule has 6 heteroatoms. The SMILES string of the molecule is CCOc1n[s+]([O-])nc1Nc1ccc(C)cc1. The minimum absolute atomic E-state index is 0.298. The van der Waals surface area contributed by atoms with Gasteiger partial charge in [0.05, 0.1) is 6.61 Å². The molecule has 0 aliphatic heterocycles. The molecule has 0 saturated carbocycles. The maximum absolute atomic E-state index is 11.2. The van der Waals surface area contributed by atoms with Gasteiger partial charge in [0.1, 0.15) is 0 Å². The minimum atomic E-state index is -1.57. The summed E-state index contributed by atoms with van der Waals surface area (Å²) >= 11 is -1.57. The lowest BCUT2D eigenvalue weighted by Gasteiger charge is -2.03. The molecule has 1 unspecified atom stereocenters. The summed E-state index contributed by atoms with van der Waals surface area (Å²) in [6.45, 7) is 4.32. The van der Waals surface area contributed by atoms with Gasteiger partial charge in [-0.2, -0.15) is 0 Å². The third-order valence-corrected chi connectivity index (χ3v) is 2.79. The number of aryl methyl sites for hydroxylation is 1. The molecule has 0 radical (unpaired) electrons. The lowest BCUT2D eigenvalue weighted by molar-refractivity contribution is 0.331. The summed E-state index contributed by atoms with van der Waals surface area (Å²) < 4.78 is 24.1. The molecule has 1 atom stereocenters. The molecule has 0 bridgehead atoms. The molecular weight excluding hydrogens is 238 g/mol. The van der Waals surface area contributed by atoms with Crippen LogP contribution in [0, 0.1) is 6.92 Å². The Hall–Kier alpha value is -1.66. The van der Waals surface area contributed by atoms with E-state index >= 15 is 0 Å². The van der Waals surface area contributed by atoms with Crippen LogP contribution in [0.3, 0.4) is 0 Å². The van der Waals surface area contributed by atoms with E-state index in [4.69, 9.17) is 4.74 Å². The highest BCUT2D eigenvalue weighted by Crippen LogP contribution is 2.28. The second kappa shape index (κ2) is 5.11. The average Bonchev–Trinajstić information content (AvgIpc) is 2.63. The first-order valence-electron chi connectivity index (χ1n) is 5.25. The van der Waals surface area contributed by atoms with E-state index in [0.29, 0.717) is 18.3 Å². The Morgan fingerprint density at radius 3 is 2.65 bits per heavy atom. The smallest absolute Gasteiger partial charge is 0.318 e. The Kier molecular flexibility index (Phi) is 3.55. The van der Waals surface area contributed by atoms with Crippen LogP contribution in [0.15, 0.2) is 24.3 Å². The second-order valence-electron chi connectivity index (χ2n) is 3.49. The van der Waals surface area contributed by atoms with E-state index in [2.05, 4.69) is 14.1 Å². The summed E-state index contributed by atoms with van der Waals surface area (Å²) in [5.74, 6) is 0.709. The van der Waals surface area contributed by atoms with E-state index in [1.54, 1.807) is 0 Å². The van der Waals surface area contributed by atoms with Crippen molar-refractivity contribution in [1.29, 1.82) is 0 Å². The fourth-order valence-electron chi connectivity index (χ4n) is 1.33. The van der Waals surface area contributed by atoms with Gasteiger partial charge in [-0.15, -0.1) is 0 Å². The van der Waals surface area contributed by atoms with Crippen molar-refractivity contribution in [1.82, 2.24) is 8.75 Å². The van der Waals surface area contributed by atoms with Crippen molar-refractivity contribution < 1.29 is 9.29 Å². The summed E-state index contributed by atoms with van der Waals surface area (Å²) in [7, 11) is 0. The van der Waals surface area contributed by atoms with Crippen molar-refractivity contribution in [3.63, 3.8) is 0 Å². The van der Waals surface area contributed by atoms with Crippen LogP contribution < -0.4 is 10.1 Å². The molecule has 0 aliphatic rings. The van der Waals surface area contributed by atoms with E-state index in [9.17, 15) is 4.55 Å². The number of aromatic nitrogens is 2. The zero-order valence-electron chi connectivity index (χ0n) is 9.64. The second-order valence-corrected chi connectivity index (χ2v) is 4.32. The number of anilines is 2. The zero-order chi connectivity index (χ0) is 12.3. The van der Waals surface area contributed by atoms with E-state index in [1.807, 2.05) is 38.1 Å². The van der Waals surface area contributed by atoms with Gasteiger partial charge in [-0.3, -0.25) is 0 Å². The zero-order valence-corrected chi connectivity index (χ0v) is 10.5. The van der Waals surface area contributed by atoms with Crippen LogP contribution in [-0.4, -0.2) is 19.9 Å². The van der Waals surface area contributed by atoms with Crippen molar-refractivity contribution >= 4 is 22.6 Å². The van der Waals surface area contributed by atoms with Crippen molar-refractivity contribution in [2.24, 2.45) is 0 Å². The van der Waals surface area contributed by atoms with Crippen molar-refractivity contribution in [3.8, 4) is 5.88 Å². The van der Waals surface area contributed by atoms with Crippen molar-refractivity contribution in [3.05, 3.63) is 29.8 Å². The van der Waals surface area contributed by atoms with Gasteiger partial charge in [-0.25, -0.2) is 0 Å². The van der Waals surface area contributed by atoms with E-state index in [0.717, 1.165) is 5.69 Å². The van der Waals surface area contributed by atoms with Crippen LogP contribution in [0.1, 0.15) is 12.5 Å². The molecule has 1 heterocycles. The van der Waals surface area contributed by atoms with Gasteiger partial charge in [0.15, 0.2) is 11.1 Å². The summed E-state index contributed by atoms with van der Waals surface area (Å²) in [4.78, 5) is 0. The van der Waals surface area contributed by atoms with Crippen LogP contribution in [0.25, 0.3) is 0 Å². The first kappa shape index (κ1) is 11.8. The standard InChI is InChI=1S/C11H13N3O2S/c1-3-16-11-10(13-17(15)14-11)12-9-6-4-8(2)5-7-9/h4-7H,3H2,1-2H3,(H,12,13). The molecule has 0 saturated heterocycles. The summed E-state index contributed by atoms with van der Waals surface area (Å²) in [6.07, 6.45) is 0. The first-order chi connectivity index (χ1) is 8.19. The monoisotopic (exact) mass is 251 g/mol. The van der Waals surface area contributed by atoms with Gasteiger partial charge in [-0.1, -0.05) is 17.7 Å². The highest BCUT2D eigenvalue weighted by atomic mass is 32.2. The molecule has 1 aromatic carbocycles. The molecule has 2 aromatic rings. The third-order valence-electron chi connectivity index (χ3n) is 2.13. The molecule has 5 nitrogen and oxygen atoms in total. The normalized spacial score (nSPS) is 11.4. The first-order valence-corrected chi connectivity index (χ1v) is 6.31. The summed E-state index contributed by atoms with van der Waals surface area (Å²) in [5.41, 5.74) is 2.03. The number of benzene rings is 1.